The van der Waals surface area contributed by atoms with Gasteiger partial charge in [-0.1, -0.05) is 19.3 Å². The number of fused-ring (bicyclic) bond motifs is 1. The fourth-order valence-electron chi connectivity index (χ4n) is 3.96. The van der Waals surface area contributed by atoms with Gasteiger partial charge in [0.05, 0.1) is 11.6 Å². The van der Waals surface area contributed by atoms with E-state index in [-0.39, 0.29) is 11.9 Å². The van der Waals surface area contributed by atoms with Gasteiger partial charge in [0.25, 0.3) is 5.91 Å². The molecule has 0 aromatic carbocycles. The van der Waals surface area contributed by atoms with E-state index in [1.807, 2.05) is 6.92 Å². The van der Waals surface area contributed by atoms with Crippen LogP contribution in [0.2, 0.25) is 0 Å². The van der Waals surface area contributed by atoms with E-state index in [0.29, 0.717) is 10.6 Å². The van der Waals surface area contributed by atoms with Crippen LogP contribution in [0.4, 0.5) is 5.00 Å². The van der Waals surface area contributed by atoms with E-state index < -0.39 is 5.91 Å². The maximum atomic E-state index is 12.5. The predicted molar refractivity (Wildman–Crippen MR) is 92.6 cm³/mol. The summed E-state index contributed by atoms with van der Waals surface area (Å²) in [5.74, 6) is 1.05. The first-order chi connectivity index (χ1) is 11.1. The molecule has 3 N–H and O–H groups in total. The van der Waals surface area contributed by atoms with Crippen molar-refractivity contribution in [3.63, 3.8) is 0 Å². The second kappa shape index (κ2) is 7.01. The van der Waals surface area contributed by atoms with Crippen molar-refractivity contribution in [1.29, 1.82) is 0 Å². The number of carbonyl (C=O) groups excluding carboxylic acids is 2. The predicted octanol–water partition coefficient (Wildman–Crippen LogP) is 2.69. The fourth-order valence-corrected chi connectivity index (χ4v) is 4.76. The molecule has 2 amide bonds. The fraction of sp³-hybridized carbons (Fsp3) is 0.647. The topological polar surface area (TPSA) is 75.4 Å². The Morgan fingerprint density at radius 3 is 2.78 bits per heavy atom. The molecule has 1 aromatic heterocycles. The van der Waals surface area contributed by atoms with Crippen molar-refractivity contribution < 1.29 is 9.59 Å². The zero-order valence-electron chi connectivity index (χ0n) is 13.6. The van der Waals surface area contributed by atoms with Gasteiger partial charge in [-0.3, -0.25) is 14.5 Å². The number of nitrogens with two attached hydrogens (primary N) is 1. The summed E-state index contributed by atoms with van der Waals surface area (Å²) in [6.07, 6.45) is 6.55. The lowest BCUT2D eigenvalue weighted by Crippen LogP contribution is -2.50. The van der Waals surface area contributed by atoms with Gasteiger partial charge in [0, 0.05) is 6.54 Å². The summed E-state index contributed by atoms with van der Waals surface area (Å²) in [5, 5.41) is 5.21. The first-order valence-electron chi connectivity index (χ1n) is 8.48. The van der Waals surface area contributed by atoms with Crippen LogP contribution >= 0.6 is 11.3 Å². The molecular weight excluding hydrogens is 310 g/mol. The number of thiophene rings is 1. The third-order valence-corrected chi connectivity index (χ3v) is 6.25. The Morgan fingerprint density at radius 2 is 2.04 bits per heavy atom. The van der Waals surface area contributed by atoms with Crippen molar-refractivity contribution in [3.05, 3.63) is 17.0 Å². The highest BCUT2D eigenvalue weighted by Crippen LogP contribution is 2.36. The number of carbonyl (C=O) groups is 2. The van der Waals surface area contributed by atoms with Crippen LogP contribution in [-0.2, 0) is 4.79 Å². The van der Waals surface area contributed by atoms with E-state index in [9.17, 15) is 9.59 Å². The zero-order chi connectivity index (χ0) is 16.4. The maximum Gasteiger partial charge on any atom is 0.251 e. The Kier molecular flexibility index (Phi) is 5.02. The quantitative estimate of drug-likeness (QED) is 0.888. The number of hydrogen-bond donors (Lipinski definition) is 2. The highest BCUT2D eigenvalue weighted by Gasteiger charge is 2.34. The first-order valence-corrected chi connectivity index (χ1v) is 9.36. The minimum atomic E-state index is -0.503. The molecule has 1 aromatic rings. The van der Waals surface area contributed by atoms with Crippen LogP contribution < -0.4 is 11.1 Å². The summed E-state index contributed by atoms with van der Waals surface area (Å²) in [5.41, 5.74) is 5.72. The van der Waals surface area contributed by atoms with Gasteiger partial charge in [-0.15, -0.1) is 11.3 Å². The highest BCUT2D eigenvalue weighted by atomic mass is 32.1. The average molecular weight is 335 g/mol. The third-order valence-electron chi connectivity index (χ3n) is 5.42. The lowest BCUT2D eigenvalue weighted by atomic mass is 9.75. The molecule has 3 atom stereocenters. The van der Waals surface area contributed by atoms with Crippen LogP contribution in [0.15, 0.2) is 11.4 Å². The van der Waals surface area contributed by atoms with Gasteiger partial charge in [-0.25, -0.2) is 0 Å². The standard InChI is InChI=1S/C17H25N3O2S/c1-11(16(22)19-17-14(15(18)21)7-9-23-17)20-8-6-12-4-2-3-5-13(12)10-20/h7,9,11-13H,2-6,8,10H2,1H3,(H2,18,21)(H,19,22)/t11-,12+,13-/m1/s1. The lowest BCUT2D eigenvalue weighted by molar-refractivity contribution is -0.121. The molecule has 1 aliphatic carbocycles. The van der Waals surface area contributed by atoms with Crippen molar-refractivity contribution >= 4 is 28.2 Å². The minimum absolute atomic E-state index is 0.0517. The molecule has 2 aliphatic rings. The second-order valence-corrected chi connectivity index (χ2v) is 7.70. The largest absolute Gasteiger partial charge is 0.366 e. The van der Waals surface area contributed by atoms with Gasteiger partial charge in [0.2, 0.25) is 5.91 Å². The highest BCUT2D eigenvalue weighted by molar-refractivity contribution is 7.14. The van der Waals surface area contributed by atoms with E-state index in [0.717, 1.165) is 24.9 Å². The number of piperidine rings is 1. The van der Waals surface area contributed by atoms with Gasteiger partial charge < -0.3 is 11.1 Å². The van der Waals surface area contributed by atoms with Crippen LogP contribution in [0.3, 0.4) is 0 Å². The molecule has 2 fully saturated rings. The van der Waals surface area contributed by atoms with E-state index in [4.69, 9.17) is 5.73 Å². The zero-order valence-corrected chi connectivity index (χ0v) is 14.4. The maximum absolute atomic E-state index is 12.5. The number of primary amides is 1. The van der Waals surface area contributed by atoms with Gasteiger partial charge in [0.15, 0.2) is 0 Å². The molecule has 0 bridgehead atoms. The molecule has 0 spiro atoms. The molecule has 1 saturated heterocycles. The third kappa shape index (κ3) is 3.58. The van der Waals surface area contributed by atoms with Crippen LogP contribution in [0.1, 0.15) is 49.4 Å². The van der Waals surface area contributed by atoms with Crippen LogP contribution in [0.5, 0.6) is 0 Å². The minimum Gasteiger partial charge on any atom is -0.366 e. The Bertz CT molecular complexity index is 586. The number of nitrogens with zero attached hydrogens (tertiary/aromatic N) is 1. The molecule has 0 radical (unpaired) electrons. The van der Waals surface area contributed by atoms with Crippen LogP contribution in [0, 0.1) is 11.8 Å². The summed E-state index contributed by atoms with van der Waals surface area (Å²) in [7, 11) is 0. The van der Waals surface area contributed by atoms with Crippen LogP contribution in [-0.4, -0.2) is 35.8 Å². The number of amides is 2. The summed E-state index contributed by atoms with van der Waals surface area (Å²) >= 11 is 1.34. The molecule has 126 valence electrons. The summed E-state index contributed by atoms with van der Waals surface area (Å²) in [4.78, 5) is 26.2. The van der Waals surface area contributed by atoms with E-state index in [1.54, 1.807) is 11.4 Å². The smallest absolute Gasteiger partial charge is 0.251 e. The Morgan fingerprint density at radius 1 is 1.30 bits per heavy atom. The van der Waals surface area contributed by atoms with E-state index in [2.05, 4.69) is 10.2 Å². The lowest BCUT2D eigenvalue weighted by Gasteiger charge is -2.43. The molecule has 2 heterocycles. The monoisotopic (exact) mass is 335 g/mol. The van der Waals surface area contributed by atoms with Crippen molar-refractivity contribution in [3.8, 4) is 0 Å². The van der Waals surface area contributed by atoms with Crippen molar-refractivity contribution in [2.24, 2.45) is 17.6 Å². The Labute approximate surface area is 141 Å². The van der Waals surface area contributed by atoms with E-state index in [1.165, 1.54) is 43.4 Å². The van der Waals surface area contributed by atoms with Gasteiger partial charge >= 0.3 is 0 Å². The average Bonchev–Trinajstić information content (AvgIpc) is 3.02. The van der Waals surface area contributed by atoms with Gasteiger partial charge in [-0.2, -0.15) is 0 Å². The van der Waals surface area contributed by atoms with Crippen molar-refractivity contribution in [2.75, 3.05) is 18.4 Å². The Hall–Kier alpha value is -1.40. The number of nitrogens with one attached hydrogen (secondary N) is 1. The van der Waals surface area contributed by atoms with E-state index >= 15 is 0 Å². The number of hydrogen-bond acceptors (Lipinski definition) is 4. The molecule has 1 saturated carbocycles. The van der Waals surface area contributed by atoms with Gasteiger partial charge in [0.1, 0.15) is 5.00 Å². The normalized spacial score (nSPS) is 26.3. The second-order valence-electron chi connectivity index (χ2n) is 6.78. The molecule has 5 nitrogen and oxygen atoms in total. The summed E-state index contributed by atoms with van der Waals surface area (Å²) in [6.45, 7) is 3.96. The summed E-state index contributed by atoms with van der Waals surface area (Å²) < 4.78 is 0. The SMILES string of the molecule is C[C@H](C(=O)Nc1sccc1C(N)=O)N1CC[C@@H]2CCCC[C@@H]2C1. The molecule has 0 unspecified atom stereocenters. The van der Waals surface area contributed by atoms with Crippen molar-refractivity contribution in [1.82, 2.24) is 4.90 Å². The number of likely N-dealkylation sites (tertiary alicyclic amines) is 1. The molecule has 1 aliphatic heterocycles. The molecule has 3 rings (SSSR count). The number of rotatable bonds is 4. The van der Waals surface area contributed by atoms with Crippen LogP contribution in [0.25, 0.3) is 0 Å². The van der Waals surface area contributed by atoms with Gasteiger partial charge in [-0.05, 0) is 49.6 Å². The number of anilines is 1. The first kappa shape index (κ1) is 16.5. The van der Waals surface area contributed by atoms with Crippen molar-refractivity contribution in [2.45, 2.75) is 45.1 Å². The summed E-state index contributed by atoms with van der Waals surface area (Å²) in [6, 6.07) is 1.47. The Balaban J connectivity index is 1.61. The molecular formula is C17H25N3O2S. The molecule has 23 heavy (non-hydrogen) atoms. The molecule has 6 heteroatoms.